The number of hydrogen-bond donors (Lipinski definition) is 1. The van der Waals surface area contributed by atoms with Crippen LogP contribution in [0.25, 0.3) is 0 Å². The van der Waals surface area contributed by atoms with Crippen molar-refractivity contribution in [3.8, 4) is 0 Å². The third-order valence-corrected chi connectivity index (χ3v) is 4.45. The van der Waals surface area contributed by atoms with E-state index in [2.05, 4.69) is 10.2 Å². The summed E-state index contributed by atoms with van der Waals surface area (Å²) >= 11 is 0. The van der Waals surface area contributed by atoms with E-state index < -0.39 is 22.3 Å². The Bertz CT molecular complexity index is 797. The van der Waals surface area contributed by atoms with Gasteiger partial charge in [-0.1, -0.05) is 30.3 Å². The summed E-state index contributed by atoms with van der Waals surface area (Å²) in [6.45, 7) is 1.38. The van der Waals surface area contributed by atoms with Crippen LogP contribution in [0.5, 0.6) is 0 Å². The molecule has 1 saturated heterocycles. The van der Waals surface area contributed by atoms with Crippen LogP contribution in [0.1, 0.15) is 21.8 Å². The molecule has 2 aromatic carbocycles. The predicted octanol–water partition coefficient (Wildman–Crippen LogP) is 2.56. The molecule has 1 aliphatic heterocycles. The van der Waals surface area contributed by atoms with E-state index in [1.165, 1.54) is 0 Å². The second-order valence-electron chi connectivity index (χ2n) is 6.24. The molecule has 0 aliphatic carbocycles. The first-order valence-corrected chi connectivity index (χ1v) is 7.94. The van der Waals surface area contributed by atoms with Gasteiger partial charge in [0.2, 0.25) is 0 Å². The van der Waals surface area contributed by atoms with Crippen LogP contribution in [0.15, 0.2) is 48.5 Å². The van der Waals surface area contributed by atoms with Crippen molar-refractivity contribution in [1.82, 2.24) is 10.2 Å². The standard InChI is InChI=1S/C18H18FN3O3/c1-21-10-15(12-5-3-2-4-6-12)16(11-21)20-18(23)14-9-13(19)7-8-17(14)22(24)25/h2-9,15-16H,10-11H2,1H3,(H,20,23). The number of carbonyl (C=O) groups is 1. The van der Waals surface area contributed by atoms with Gasteiger partial charge >= 0.3 is 0 Å². The molecule has 0 spiro atoms. The van der Waals surface area contributed by atoms with Crippen molar-refractivity contribution >= 4 is 11.6 Å². The van der Waals surface area contributed by atoms with E-state index in [0.29, 0.717) is 6.54 Å². The number of nitrogens with zero attached hydrogens (tertiary/aromatic N) is 2. The number of carbonyl (C=O) groups excluding carboxylic acids is 1. The van der Waals surface area contributed by atoms with E-state index in [1.54, 1.807) is 0 Å². The molecule has 2 unspecified atom stereocenters. The molecule has 1 fully saturated rings. The lowest BCUT2D eigenvalue weighted by molar-refractivity contribution is -0.385. The Morgan fingerprint density at radius 3 is 2.64 bits per heavy atom. The second-order valence-corrected chi connectivity index (χ2v) is 6.24. The van der Waals surface area contributed by atoms with Crippen molar-refractivity contribution < 1.29 is 14.1 Å². The summed E-state index contributed by atoms with van der Waals surface area (Å²) < 4.78 is 13.5. The summed E-state index contributed by atoms with van der Waals surface area (Å²) in [7, 11) is 1.95. The number of likely N-dealkylation sites (tertiary alicyclic amines) is 1. The van der Waals surface area contributed by atoms with Gasteiger partial charge in [-0.3, -0.25) is 14.9 Å². The summed E-state index contributed by atoms with van der Waals surface area (Å²) in [5, 5.41) is 14.0. The van der Waals surface area contributed by atoms with Crippen LogP contribution in [0, 0.1) is 15.9 Å². The zero-order chi connectivity index (χ0) is 18.0. The molecule has 7 heteroatoms. The highest BCUT2D eigenvalue weighted by molar-refractivity contribution is 5.98. The van der Waals surface area contributed by atoms with E-state index in [4.69, 9.17) is 0 Å². The SMILES string of the molecule is CN1CC(NC(=O)c2cc(F)ccc2[N+](=O)[O-])C(c2ccccc2)C1. The molecule has 0 bridgehead atoms. The number of nitro groups is 1. The smallest absolute Gasteiger partial charge is 0.282 e. The summed E-state index contributed by atoms with van der Waals surface area (Å²) in [6, 6.07) is 12.5. The number of likely N-dealkylation sites (N-methyl/N-ethyl adjacent to an activating group) is 1. The monoisotopic (exact) mass is 343 g/mol. The molecule has 2 atom stereocenters. The van der Waals surface area contributed by atoms with Gasteiger partial charge in [0.05, 0.1) is 4.92 Å². The van der Waals surface area contributed by atoms with Gasteiger partial charge in [0.1, 0.15) is 11.4 Å². The number of halogens is 1. The number of hydrogen-bond acceptors (Lipinski definition) is 4. The molecule has 2 aromatic rings. The van der Waals surface area contributed by atoms with E-state index in [-0.39, 0.29) is 17.5 Å². The van der Waals surface area contributed by atoms with Crippen LogP contribution in [0.4, 0.5) is 10.1 Å². The first-order chi connectivity index (χ1) is 12.0. The lowest BCUT2D eigenvalue weighted by atomic mass is 9.94. The van der Waals surface area contributed by atoms with Gasteiger partial charge in [0.15, 0.2) is 0 Å². The third-order valence-electron chi connectivity index (χ3n) is 4.45. The largest absolute Gasteiger partial charge is 0.347 e. The second kappa shape index (κ2) is 6.98. The topological polar surface area (TPSA) is 75.5 Å². The maximum Gasteiger partial charge on any atom is 0.282 e. The zero-order valence-electron chi connectivity index (χ0n) is 13.7. The van der Waals surface area contributed by atoms with Gasteiger partial charge in [-0.05, 0) is 24.7 Å². The Morgan fingerprint density at radius 1 is 1.24 bits per heavy atom. The quantitative estimate of drug-likeness (QED) is 0.684. The van der Waals surface area contributed by atoms with E-state index >= 15 is 0 Å². The minimum absolute atomic E-state index is 0.0720. The van der Waals surface area contributed by atoms with Crippen molar-refractivity contribution in [2.24, 2.45) is 0 Å². The molecular formula is C18H18FN3O3. The first-order valence-electron chi connectivity index (χ1n) is 7.94. The first kappa shape index (κ1) is 17.0. The molecule has 0 radical (unpaired) electrons. The average molecular weight is 343 g/mol. The highest BCUT2D eigenvalue weighted by atomic mass is 19.1. The molecule has 1 aliphatic rings. The van der Waals surface area contributed by atoms with Gasteiger partial charge in [0.25, 0.3) is 11.6 Å². The predicted molar refractivity (Wildman–Crippen MR) is 91.0 cm³/mol. The normalized spacial score (nSPS) is 20.4. The zero-order valence-corrected chi connectivity index (χ0v) is 13.7. The van der Waals surface area contributed by atoms with Gasteiger partial charge in [-0.25, -0.2) is 4.39 Å². The van der Waals surface area contributed by atoms with Crippen LogP contribution in [-0.2, 0) is 0 Å². The lowest BCUT2D eigenvalue weighted by Gasteiger charge is -2.20. The summed E-state index contributed by atoms with van der Waals surface area (Å²) in [5.41, 5.74) is 0.429. The molecule has 3 rings (SSSR count). The van der Waals surface area contributed by atoms with Gasteiger partial charge in [0, 0.05) is 31.1 Å². The van der Waals surface area contributed by atoms with Crippen LogP contribution < -0.4 is 5.32 Å². The molecule has 1 amide bonds. The number of nitro benzene ring substituents is 1. The maximum atomic E-state index is 13.5. The van der Waals surface area contributed by atoms with Crippen molar-refractivity contribution in [1.29, 1.82) is 0 Å². The Kier molecular flexibility index (Phi) is 4.76. The third kappa shape index (κ3) is 3.66. The Hall–Kier alpha value is -2.80. The minimum Gasteiger partial charge on any atom is -0.347 e. The molecule has 130 valence electrons. The van der Waals surface area contributed by atoms with Crippen molar-refractivity contribution in [2.75, 3.05) is 20.1 Å². The van der Waals surface area contributed by atoms with Crippen LogP contribution >= 0.6 is 0 Å². The van der Waals surface area contributed by atoms with Crippen LogP contribution in [-0.4, -0.2) is 41.9 Å². The number of benzene rings is 2. The van der Waals surface area contributed by atoms with Crippen LogP contribution in [0.2, 0.25) is 0 Å². The Labute approximate surface area is 144 Å². The van der Waals surface area contributed by atoms with Crippen molar-refractivity contribution in [2.45, 2.75) is 12.0 Å². The number of amides is 1. The molecule has 0 aromatic heterocycles. The summed E-state index contributed by atoms with van der Waals surface area (Å²) in [4.78, 5) is 25.1. The minimum atomic E-state index is -0.682. The molecule has 6 nitrogen and oxygen atoms in total. The average Bonchev–Trinajstić information content (AvgIpc) is 2.95. The molecule has 25 heavy (non-hydrogen) atoms. The summed E-state index contributed by atoms with van der Waals surface area (Å²) in [5.74, 6) is -1.24. The van der Waals surface area contributed by atoms with E-state index in [1.807, 2.05) is 37.4 Å². The molecular weight excluding hydrogens is 325 g/mol. The fourth-order valence-electron chi connectivity index (χ4n) is 3.28. The molecule has 1 N–H and O–H groups in total. The van der Waals surface area contributed by atoms with E-state index in [9.17, 15) is 19.3 Å². The lowest BCUT2D eigenvalue weighted by Crippen LogP contribution is -2.39. The number of nitrogens with one attached hydrogen (secondary N) is 1. The molecule has 0 saturated carbocycles. The van der Waals surface area contributed by atoms with Gasteiger partial charge < -0.3 is 10.2 Å². The van der Waals surface area contributed by atoms with Crippen molar-refractivity contribution in [3.05, 3.63) is 75.6 Å². The Morgan fingerprint density at radius 2 is 1.96 bits per heavy atom. The van der Waals surface area contributed by atoms with Gasteiger partial charge in [-0.15, -0.1) is 0 Å². The molecule has 1 heterocycles. The van der Waals surface area contributed by atoms with E-state index in [0.717, 1.165) is 30.3 Å². The highest BCUT2D eigenvalue weighted by Gasteiger charge is 2.34. The van der Waals surface area contributed by atoms with Crippen LogP contribution in [0.3, 0.4) is 0 Å². The fraction of sp³-hybridized carbons (Fsp3) is 0.278. The Balaban J connectivity index is 1.85. The highest BCUT2D eigenvalue weighted by Crippen LogP contribution is 2.28. The van der Waals surface area contributed by atoms with Crippen molar-refractivity contribution in [3.63, 3.8) is 0 Å². The summed E-state index contributed by atoms with van der Waals surface area (Å²) in [6.07, 6.45) is 0. The maximum absolute atomic E-state index is 13.5. The number of rotatable bonds is 4. The fourth-order valence-corrected chi connectivity index (χ4v) is 3.28. The van der Waals surface area contributed by atoms with Gasteiger partial charge in [-0.2, -0.15) is 0 Å².